The maximum Gasteiger partial charge on any atom is 0.245 e. The lowest BCUT2D eigenvalue weighted by atomic mass is 9.48. The van der Waals surface area contributed by atoms with Crippen molar-refractivity contribution in [3.8, 4) is 0 Å². The second-order valence-electron chi connectivity index (χ2n) is 6.37. The van der Waals surface area contributed by atoms with Gasteiger partial charge in [-0.05, 0) is 25.5 Å². The molecule has 5 nitrogen and oxygen atoms in total. The van der Waals surface area contributed by atoms with Crippen molar-refractivity contribution in [3.05, 3.63) is 24.0 Å². The third-order valence-electron chi connectivity index (χ3n) is 5.08. The molecule has 3 atom stereocenters. The third kappa shape index (κ3) is 1.56. The Labute approximate surface area is 118 Å². The Balaban J connectivity index is 1.85. The standard InChI is InChI=1S/C15H21N3O2/c1-9-11(5-4-7-17-9)18-13(19)15(16)10-6-8-20-12(10)14(15,2)3/h4-5,7,10,12H,6,8,16H2,1-3H3,(H,18,19). The highest BCUT2D eigenvalue weighted by atomic mass is 16.5. The molecule has 3 unspecified atom stereocenters. The van der Waals surface area contributed by atoms with Crippen LogP contribution in [-0.2, 0) is 9.53 Å². The molecule has 2 aliphatic rings. The van der Waals surface area contributed by atoms with E-state index in [4.69, 9.17) is 10.5 Å². The molecule has 1 aromatic heterocycles. The number of amides is 1. The summed E-state index contributed by atoms with van der Waals surface area (Å²) in [7, 11) is 0. The van der Waals surface area contributed by atoms with Gasteiger partial charge in [0.15, 0.2) is 0 Å². The SMILES string of the molecule is Cc1ncccc1NC(=O)C1(N)C2CCOC2C1(C)C. The molecule has 2 heterocycles. The zero-order chi connectivity index (χ0) is 14.5. The summed E-state index contributed by atoms with van der Waals surface area (Å²) in [6.07, 6.45) is 2.65. The maximum absolute atomic E-state index is 12.7. The molecule has 0 spiro atoms. The van der Waals surface area contributed by atoms with Crippen LogP contribution >= 0.6 is 0 Å². The molecule has 20 heavy (non-hydrogen) atoms. The maximum atomic E-state index is 12.7. The van der Waals surface area contributed by atoms with Gasteiger partial charge >= 0.3 is 0 Å². The van der Waals surface area contributed by atoms with Gasteiger partial charge in [-0.3, -0.25) is 9.78 Å². The van der Waals surface area contributed by atoms with Gasteiger partial charge in [0.05, 0.1) is 17.5 Å². The molecule has 3 rings (SSSR count). The van der Waals surface area contributed by atoms with E-state index in [9.17, 15) is 4.79 Å². The molecule has 3 N–H and O–H groups in total. The summed E-state index contributed by atoms with van der Waals surface area (Å²) in [5.41, 5.74) is 6.78. The van der Waals surface area contributed by atoms with Crippen molar-refractivity contribution in [1.82, 2.24) is 4.98 Å². The molecule has 1 aliphatic carbocycles. The van der Waals surface area contributed by atoms with E-state index >= 15 is 0 Å². The number of nitrogens with zero attached hydrogens (tertiary/aromatic N) is 1. The number of carbonyl (C=O) groups excluding carboxylic acids is 1. The number of rotatable bonds is 2. The summed E-state index contributed by atoms with van der Waals surface area (Å²) in [5, 5.41) is 2.94. The third-order valence-corrected chi connectivity index (χ3v) is 5.08. The number of aromatic nitrogens is 1. The lowest BCUT2D eigenvalue weighted by Gasteiger charge is -2.60. The molecular formula is C15H21N3O2. The van der Waals surface area contributed by atoms with Crippen molar-refractivity contribution < 1.29 is 9.53 Å². The average Bonchev–Trinajstić information content (AvgIpc) is 2.88. The van der Waals surface area contributed by atoms with E-state index in [1.807, 2.05) is 26.8 Å². The van der Waals surface area contributed by atoms with Crippen LogP contribution in [0.25, 0.3) is 0 Å². The summed E-state index contributed by atoms with van der Waals surface area (Å²) in [4.78, 5) is 16.9. The van der Waals surface area contributed by atoms with Gasteiger partial charge < -0.3 is 15.8 Å². The van der Waals surface area contributed by atoms with E-state index in [2.05, 4.69) is 10.3 Å². The van der Waals surface area contributed by atoms with Crippen LogP contribution in [0.1, 0.15) is 26.0 Å². The fourth-order valence-corrected chi connectivity index (χ4v) is 3.69. The predicted molar refractivity (Wildman–Crippen MR) is 76.2 cm³/mol. The van der Waals surface area contributed by atoms with Crippen LogP contribution in [-0.4, -0.2) is 29.1 Å². The second kappa shape index (κ2) is 4.27. The van der Waals surface area contributed by atoms with Gasteiger partial charge in [0.2, 0.25) is 5.91 Å². The fraction of sp³-hybridized carbons (Fsp3) is 0.600. The molecule has 1 aliphatic heterocycles. The van der Waals surface area contributed by atoms with Gasteiger partial charge in [-0.25, -0.2) is 0 Å². The first-order valence-corrected chi connectivity index (χ1v) is 7.02. The zero-order valence-electron chi connectivity index (χ0n) is 12.1. The van der Waals surface area contributed by atoms with Gasteiger partial charge in [0.1, 0.15) is 5.54 Å². The summed E-state index contributed by atoms with van der Waals surface area (Å²) in [6.45, 7) is 6.58. The van der Waals surface area contributed by atoms with E-state index < -0.39 is 5.54 Å². The van der Waals surface area contributed by atoms with Gasteiger partial charge in [0, 0.05) is 24.1 Å². The molecule has 2 fully saturated rings. The minimum absolute atomic E-state index is 0.0910. The number of anilines is 1. The molecule has 1 aromatic rings. The van der Waals surface area contributed by atoms with Gasteiger partial charge in [0.25, 0.3) is 0 Å². The van der Waals surface area contributed by atoms with Crippen molar-refractivity contribution >= 4 is 11.6 Å². The molecule has 108 valence electrons. The molecule has 0 bridgehead atoms. The Kier molecular flexibility index (Phi) is 2.88. The number of ether oxygens (including phenoxy) is 1. The number of pyridine rings is 1. The van der Waals surface area contributed by atoms with Gasteiger partial charge in [-0.2, -0.15) is 0 Å². The topological polar surface area (TPSA) is 77.2 Å². The van der Waals surface area contributed by atoms with Crippen molar-refractivity contribution in [1.29, 1.82) is 0 Å². The van der Waals surface area contributed by atoms with E-state index in [1.54, 1.807) is 12.3 Å². The lowest BCUT2D eigenvalue weighted by Crippen LogP contribution is -2.79. The summed E-state index contributed by atoms with van der Waals surface area (Å²) < 4.78 is 5.71. The van der Waals surface area contributed by atoms with Crippen molar-refractivity contribution in [2.45, 2.75) is 38.8 Å². The highest BCUT2D eigenvalue weighted by Gasteiger charge is 2.71. The van der Waals surface area contributed by atoms with E-state index in [0.29, 0.717) is 6.61 Å². The minimum Gasteiger partial charge on any atom is -0.377 e. The van der Waals surface area contributed by atoms with Gasteiger partial charge in [-0.15, -0.1) is 0 Å². The quantitative estimate of drug-likeness (QED) is 0.857. The monoisotopic (exact) mass is 275 g/mol. The Morgan fingerprint density at radius 1 is 1.55 bits per heavy atom. The largest absolute Gasteiger partial charge is 0.377 e. The normalized spacial score (nSPS) is 34.2. The lowest BCUT2D eigenvalue weighted by molar-refractivity contribution is -0.170. The van der Waals surface area contributed by atoms with Crippen LogP contribution in [0.15, 0.2) is 18.3 Å². The molecule has 0 aromatic carbocycles. The zero-order valence-corrected chi connectivity index (χ0v) is 12.1. The van der Waals surface area contributed by atoms with Crippen LogP contribution in [0.2, 0.25) is 0 Å². The summed E-state index contributed by atoms with van der Waals surface area (Å²) >= 11 is 0. The Morgan fingerprint density at radius 2 is 2.30 bits per heavy atom. The van der Waals surface area contributed by atoms with Crippen molar-refractivity contribution in [3.63, 3.8) is 0 Å². The number of nitrogens with one attached hydrogen (secondary N) is 1. The molecule has 0 radical (unpaired) electrons. The Bertz CT molecular complexity index is 558. The van der Waals surface area contributed by atoms with Crippen LogP contribution in [0, 0.1) is 18.3 Å². The van der Waals surface area contributed by atoms with E-state index in [-0.39, 0.29) is 23.3 Å². The molecular weight excluding hydrogens is 254 g/mol. The van der Waals surface area contributed by atoms with Crippen LogP contribution < -0.4 is 11.1 Å². The second-order valence-corrected chi connectivity index (χ2v) is 6.37. The first kappa shape index (κ1) is 13.5. The van der Waals surface area contributed by atoms with Crippen molar-refractivity contribution in [2.75, 3.05) is 11.9 Å². The van der Waals surface area contributed by atoms with Crippen LogP contribution in [0.5, 0.6) is 0 Å². The number of carbonyl (C=O) groups is 1. The highest BCUT2D eigenvalue weighted by Crippen LogP contribution is 2.58. The van der Waals surface area contributed by atoms with E-state index in [0.717, 1.165) is 17.8 Å². The average molecular weight is 275 g/mol. The smallest absolute Gasteiger partial charge is 0.245 e. The Hall–Kier alpha value is -1.46. The van der Waals surface area contributed by atoms with Crippen LogP contribution in [0.3, 0.4) is 0 Å². The fourth-order valence-electron chi connectivity index (χ4n) is 3.69. The number of hydrogen-bond acceptors (Lipinski definition) is 4. The molecule has 5 heteroatoms. The molecule has 1 saturated heterocycles. The van der Waals surface area contributed by atoms with E-state index in [1.165, 1.54) is 0 Å². The molecule has 1 saturated carbocycles. The highest BCUT2D eigenvalue weighted by molar-refractivity contribution is 6.00. The van der Waals surface area contributed by atoms with Crippen molar-refractivity contribution in [2.24, 2.45) is 17.1 Å². The summed E-state index contributed by atoms with van der Waals surface area (Å²) in [5.74, 6) is -0.0279. The number of hydrogen-bond donors (Lipinski definition) is 2. The Morgan fingerprint density at radius 3 is 3.00 bits per heavy atom. The number of nitrogens with two attached hydrogens (primary N) is 1. The first-order valence-electron chi connectivity index (χ1n) is 7.02. The van der Waals surface area contributed by atoms with Gasteiger partial charge in [-0.1, -0.05) is 13.8 Å². The first-order chi connectivity index (χ1) is 9.39. The predicted octanol–water partition coefficient (Wildman–Crippen LogP) is 1.47. The van der Waals surface area contributed by atoms with Crippen LogP contribution in [0.4, 0.5) is 5.69 Å². The number of fused-ring (bicyclic) bond motifs is 1. The number of aryl methyl sites for hydroxylation is 1. The molecule has 1 amide bonds. The minimum atomic E-state index is -0.879. The summed E-state index contributed by atoms with van der Waals surface area (Å²) in [6, 6.07) is 3.65.